The van der Waals surface area contributed by atoms with Crippen LogP contribution < -0.4 is 15.4 Å². The van der Waals surface area contributed by atoms with Gasteiger partial charge in [-0.3, -0.25) is 9.78 Å². The molecule has 2 saturated heterocycles. The number of nitrogens with one attached hydrogen (secondary N) is 2. The van der Waals surface area contributed by atoms with Gasteiger partial charge in [0.15, 0.2) is 0 Å². The summed E-state index contributed by atoms with van der Waals surface area (Å²) in [6.45, 7) is 1.44. The largest absolute Gasteiger partial charge is 0.497 e. The fourth-order valence-corrected chi connectivity index (χ4v) is 4.29. The number of pyridine rings is 1. The summed E-state index contributed by atoms with van der Waals surface area (Å²) in [4.78, 5) is 16.4. The minimum atomic E-state index is -0.746. The summed E-state index contributed by atoms with van der Waals surface area (Å²) in [6, 6.07) is 9.29. The van der Waals surface area contributed by atoms with Crippen LogP contribution >= 0.6 is 11.6 Å². The second-order valence-corrected chi connectivity index (χ2v) is 8.50. The van der Waals surface area contributed by atoms with Gasteiger partial charge >= 0.3 is 0 Å². The molecule has 5 atom stereocenters. The third-order valence-corrected chi connectivity index (χ3v) is 6.21. The van der Waals surface area contributed by atoms with Crippen molar-refractivity contribution in [1.82, 2.24) is 15.6 Å². The Hall–Kier alpha value is -2.23. The zero-order valence-corrected chi connectivity index (χ0v) is 18.6. The van der Waals surface area contributed by atoms with E-state index in [2.05, 4.69) is 15.6 Å². The zero-order chi connectivity index (χ0) is 22.5. The van der Waals surface area contributed by atoms with E-state index in [1.54, 1.807) is 25.6 Å². The van der Waals surface area contributed by atoms with Crippen LogP contribution in [-0.4, -0.2) is 60.2 Å². The summed E-state index contributed by atoms with van der Waals surface area (Å²) in [5.41, 5.74) is 1.88. The standard InChI is InChI=1S/C23H28ClN3O5/c1-30-16-4-2-14(3-5-16)10-27-21(28)9-17-8-19-23(31-17)22(29)20(32-19)13-26-12-15-11-25-7-6-18(15)24/h2-7,11,17,19-20,22-23,26,29H,8-10,12-13H2,1H3,(H,27,28)/t17-,19+,20+,22+,23-/m0/s1. The molecule has 2 fully saturated rings. The Morgan fingerprint density at radius 2 is 2.06 bits per heavy atom. The van der Waals surface area contributed by atoms with Gasteiger partial charge in [0.25, 0.3) is 0 Å². The first-order valence-electron chi connectivity index (χ1n) is 10.7. The van der Waals surface area contributed by atoms with Crippen LogP contribution in [0.4, 0.5) is 0 Å². The molecule has 0 spiro atoms. The van der Waals surface area contributed by atoms with E-state index >= 15 is 0 Å². The highest BCUT2D eigenvalue weighted by molar-refractivity contribution is 6.31. The Morgan fingerprint density at radius 1 is 1.25 bits per heavy atom. The van der Waals surface area contributed by atoms with Crippen LogP contribution in [0.3, 0.4) is 0 Å². The second-order valence-electron chi connectivity index (χ2n) is 8.09. The van der Waals surface area contributed by atoms with Gasteiger partial charge in [-0.15, -0.1) is 0 Å². The van der Waals surface area contributed by atoms with Gasteiger partial charge in [-0.05, 0) is 23.8 Å². The number of aliphatic hydroxyl groups is 1. The highest BCUT2D eigenvalue weighted by atomic mass is 35.5. The quantitative estimate of drug-likeness (QED) is 0.523. The monoisotopic (exact) mass is 461 g/mol. The van der Waals surface area contributed by atoms with Crippen LogP contribution in [0.2, 0.25) is 5.02 Å². The molecule has 0 aliphatic carbocycles. The lowest BCUT2D eigenvalue weighted by Crippen LogP contribution is -2.39. The van der Waals surface area contributed by atoms with Crippen molar-refractivity contribution >= 4 is 17.5 Å². The van der Waals surface area contributed by atoms with Crippen LogP contribution in [0.5, 0.6) is 5.75 Å². The number of hydrogen-bond donors (Lipinski definition) is 3. The first-order valence-corrected chi connectivity index (χ1v) is 11.1. The molecule has 2 aromatic rings. The third kappa shape index (κ3) is 5.57. The molecule has 0 radical (unpaired) electrons. The molecule has 8 nitrogen and oxygen atoms in total. The first kappa shape index (κ1) is 22.9. The maximum atomic E-state index is 12.3. The number of benzene rings is 1. The fourth-order valence-electron chi connectivity index (χ4n) is 4.12. The van der Waals surface area contributed by atoms with E-state index in [1.807, 2.05) is 24.3 Å². The van der Waals surface area contributed by atoms with Crippen LogP contribution in [0, 0.1) is 0 Å². The van der Waals surface area contributed by atoms with E-state index in [0.29, 0.717) is 31.1 Å². The van der Waals surface area contributed by atoms with Gasteiger partial charge in [0.2, 0.25) is 5.91 Å². The van der Waals surface area contributed by atoms with Gasteiger partial charge in [0.05, 0.1) is 31.8 Å². The number of nitrogens with zero attached hydrogens (tertiary/aromatic N) is 1. The normalized spacial score (nSPS) is 26.7. The van der Waals surface area contributed by atoms with E-state index in [9.17, 15) is 9.90 Å². The van der Waals surface area contributed by atoms with Crippen molar-refractivity contribution in [2.24, 2.45) is 0 Å². The van der Waals surface area contributed by atoms with Crippen molar-refractivity contribution in [1.29, 1.82) is 0 Å². The van der Waals surface area contributed by atoms with Crippen LogP contribution in [-0.2, 0) is 27.4 Å². The summed E-state index contributed by atoms with van der Waals surface area (Å²) in [5.74, 6) is 0.686. The number of methoxy groups -OCH3 is 1. The summed E-state index contributed by atoms with van der Waals surface area (Å²) < 4.78 is 17.1. The highest BCUT2D eigenvalue weighted by Gasteiger charge is 2.50. The molecule has 1 amide bonds. The number of amides is 1. The van der Waals surface area contributed by atoms with E-state index in [1.165, 1.54) is 0 Å². The lowest BCUT2D eigenvalue weighted by atomic mass is 10.1. The average molecular weight is 462 g/mol. The molecule has 4 rings (SSSR count). The molecule has 0 unspecified atom stereocenters. The van der Waals surface area contributed by atoms with Gasteiger partial charge in [-0.25, -0.2) is 0 Å². The van der Waals surface area contributed by atoms with Crippen LogP contribution in [0.15, 0.2) is 42.7 Å². The average Bonchev–Trinajstić information content (AvgIpc) is 3.32. The SMILES string of the molecule is COc1ccc(CNC(=O)C[C@@H]2C[C@H]3O[C@H](CNCc4cnccc4Cl)[C@@H](O)[C@H]3O2)cc1. The predicted molar refractivity (Wildman–Crippen MR) is 118 cm³/mol. The Labute approximate surface area is 192 Å². The van der Waals surface area contributed by atoms with Gasteiger partial charge in [-0.1, -0.05) is 23.7 Å². The number of aromatic nitrogens is 1. The summed E-state index contributed by atoms with van der Waals surface area (Å²) in [6.07, 6.45) is 2.17. The Bertz CT molecular complexity index is 913. The molecular formula is C23H28ClN3O5. The van der Waals surface area contributed by atoms with E-state index < -0.39 is 12.2 Å². The number of rotatable bonds is 9. The lowest BCUT2D eigenvalue weighted by molar-refractivity contribution is -0.124. The maximum Gasteiger partial charge on any atom is 0.222 e. The molecule has 3 N–H and O–H groups in total. The molecular weight excluding hydrogens is 434 g/mol. The van der Waals surface area contributed by atoms with Crippen LogP contribution in [0.25, 0.3) is 0 Å². The number of halogens is 1. The van der Waals surface area contributed by atoms with E-state index in [4.69, 9.17) is 25.8 Å². The minimum Gasteiger partial charge on any atom is -0.497 e. The highest BCUT2D eigenvalue weighted by Crippen LogP contribution is 2.35. The number of aliphatic hydroxyl groups excluding tert-OH is 1. The molecule has 2 aliphatic heterocycles. The molecule has 0 bridgehead atoms. The Balaban J connectivity index is 1.18. The van der Waals surface area contributed by atoms with Crippen molar-refractivity contribution in [2.45, 2.75) is 56.5 Å². The van der Waals surface area contributed by atoms with Crippen LogP contribution in [0.1, 0.15) is 24.0 Å². The fraction of sp³-hybridized carbons (Fsp3) is 0.478. The van der Waals surface area contributed by atoms with Gasteiger partial charge < -0.3 is 30.0 Å². The molecule has 0 saturated carbocycles. The summed E-state index contributed by atoms with van der Waals surface area (Å²) in [5, 5.41) is 17.4. The number of fused-ring (bicyclic) bond motifs is 1. The topological polar surface area (TPSA) is 102 Å². The van der Waals surface area contributed by atoms with Crippen molar-refractivity contribution in [2.75, 3.05) is 13.7 Å². The van der Waals surface area contributed by atoms with Crippen molar-refractivity contribution in [3.05, 3.63) is 58.9 Å². The molecule has 3 heterocycles. The molecule has 9 heteroatoms. The summed E-state index contributed by atoms with van der Waals surface area (Å²) >= 11 is 6.13. The number of carbonyl (C=O) groups excluding carboxylic acids is 1. The van der Waals surface area contributed by atoms with E-state index in [-0.39, 0.29) is 30.6 Å². The first-order chi connectivity index (χ1) is 15.5. The Morgan fingerprint density at radius 3 is 2.78 bits per heavy atom. The number of carbonyl (C=O) groups is 1. The lowest BCUT2D eigenvalue weighted by Gasteiger charge is -2.20. The van der Waals surface area contributed by atoms with Crippen molar-refractivity contribution < 1.29 is 24.1 Å². The molecule has 32 heavy (non-hydrogen) atoms. The van der Waals surface area contributed by atoms with Gasteiger partial charge in [0.1, 0.15) is 18.0 Å². The molecule has 1 aromatic carbocycles. The molecule has 172 valence electrons. The van der Waals surface area contributed by atoms with Gasteiger partial charge in [0, 0.05) is 49.0 Å². The summed E-state index contributed by atoms with van der Waals surface area (Å²) in [7, 11) is 1.62. The predicted octanol–water partition coefficient (Wildman–Crippen LogP) is 1.83. The molecule has 2 aliphatic rings. The number of ether oxygens (including phenoxy) is 3. The number of hydrogen-bond acceptors (Lipinski definition) is 7. The Kier molecular flexibility index (Phi) is 7.59. The zero-order valence-electron chi connectivity index (χ0n) is 17.9. The third-order valence-electron chi connectivity index (χ3n) is 5.85. The minimum absolute atomic E-state index is 0.0909. The van der Waals surface area contributed by atoms with Gasteiger partial charge in [-0.2, -0.15) is 0 Å². The van der Waals surface area contributed by atoms with E-state index in [0.717, 1.165) is 16.9 Å². The maximum absolute atomic E-state index is 12.3. The van der Waals surface area contributed by atoms with Crippen molar-refractivity contribution in [3.8, 4) is 5.75 Å². The molecule has 1 aromatic heterocycles. The smallest absolute Gasteiger partial charge is 0.222 e. The van der Waals surface area contributed by atoms with Crippen molar-refractivity contribution in [3.63, 3.8) is 0 Å². The second kappa shape index (κ2) is 10.6.